The number of anilines is 1. The fourth-order valence-corrected chi connectivity index (χ4v) is 2.62. The minimum absolute atomic E-state index is 0.291. The number of benzene rings is 1. The van der Waals surface area contributed by atoms with Crippen LogP contribution < -0.4 is 5.32 Å². The molecule has 1 aromatic heterocycles. The summed E-state index contributed by atoms with van der Waals surface area (Å²) in [5.74, 6) is 1.95. The van der Waals surface area contributed by atoms with Crippen LogP contribution in [0.25, 0.3) is 0 Å². The maximum atomic E-state index is 6.17. The van der Waals surface area contributed by atoms with E-state index in [1.807, 2.05) is 37.4 Å². The lowest BCUT2D eigenvalue weighted by molar-refractivity contribution is 0.755. The SMILES string of the molecule is CNc1cc(Sc2ccccc2Cl)nc(C(C)C)n1. The van der Waals surface area contributed by atoms with E-state index in [-0.39, 0.29) is 0 Å². The van der Waals surface area contributed by atoms with Gasteiger partial charge in [0.05, 0.1) is 5.02 Å². The van der Waals surface area contributed by atoms with E-state index in [0.717, 1.165) is 26.6 Å². The third-order valence-electron chi connectivity index (χ3n) is 2.54. The van der Waals surface area contributed by atoms with Crippen LogP contribution in [-0.4, -0.2) is 17.0 Å². The van der Waals surface area contributed by atoms with Crippen LogP contribution in [0.4, 0.5) is 5.82 Å². The van der Waals surface area contributed by atoms with Crippen molar-refractivity contribution in [1.29, 1.82) is 0 Å². The molecule has 0 aliphatic rings. The zero-order valence-corrected chi connectivity index (χ0v) is 12.7. The lowest BCUT2D eigenvalue weighted by Crippen LogP contribution is -2.02. The first-order chi connectivity index (χ1) is 9.10. The summed E-state index contributed by atoms with van der Waals surface area (Å²) >= 11 is 7.72. The molecule has 2 aromatic rings. The van der Waals surface area contributed by atoms with Crippen molar-refractivity contribution < 1.29 is 0 Å². The number of hydrogen-bond acceptors (Lipinski definition) is 4. The summed E-state index contributed by atoms with van der Waals surface area (Å²) in [5, 5.41) is 4.70. The van der Waals surface area contributed by atoms with Gasteiger partial charge in [-0.1, -0.05) is 49.3 Å². The number of halogens is 1. The van der Waals surface area contributed by atoms with E-state index in [0.29, 0.717) is 5.92 Å². The molecule has 0 saturated heterocycles. The molecule has 1 heterocycles. The predicted octanol–water partition coefficient (Wildman–Crippen LogP) is 4.45. The Hall–Kier alpha value is -1.26. The van der Waals surface area contributed by atoms with Gasteiger partial charge in [-0.25, -0.2) is 9.97 Å². The summed E-state index contributed by atoms with van der Waals surface area (Å²) in [5.41, 5.74) is 0. The fraction of sp³-hybridized carbons (Fsp3) is 0.286. The van der Waals surface area contributed by atoms with Gasteiger partial charge in [-0.2, -0.15) is 0 Å². The molecule has 1 aromatic carbocycles. The lowest BCUT2D eigenvalue weighted by Gasteiger charge is -2.10. The van der Waals surface area contributed by atoms with Gasteiger partial charge in [-0.3, -0.25) is 0 Å². The highest BCUT2D eigenvalue weighted by molar-refractivity contribution is 7.99. The molecule has 0 atom stereocenters. The second-order valence-electron chi connectivity index (χ2n) is 4.39. The fourth-order valence-electron chi connectivity index (χ4n) is 1.52. The van der Waals surface area contributed by atoms with Crippen LogP contribution in [-0.2, 0) is 0 Å². The Bertz CT molecular complexity index is 572. The molecular weight excluding hydrogens is 278 g/mol. The zero-order valence-electron chi connectivity index (χ0n) is 11.1. The molecule has 0 amide bonds. The molecule has 3 nitrogen and oxygen atoms in total. The van der Waals surface area contributed by atoms with Crippen molar-refractivity contribution in [1.82, 2.24) is 9.97 Å². The van der Waals surface area contributed by atoms with Crippen LogP contribution in [0.2, 0.25) is 5.02 Å². The summed E-state index contributed by atoms with van der Waals surface area (Å²) in [6, 6.07) is 9.69. The summed E-state index contributed by atoms with van der Waals surface area (Å²) in [6.45, 7) is 4.16. The molecule has 5 heteroatoms. The van der Waals surface area contributed by atoms with E-state index in [4.69, 9.17) is 11.6 Å². The highest BCUT2D eigenvalue weighted by Crippen LogP contribution is 2.33. The van der Waals surface area contributed by atoms with E-state index < -0.39 is 0 Å². The van der Waals surface area contributed by atoms with Gasteiger partial charge >= 0.3 is 0 Å². The van der Waals surface area contributed by atoms with E-state index in [9.17, 15) is 0 Å². The van der Waals surface area contributed by atoms with Crippen molar-refractivity contribution in [2.24, 2.45) is 0 Å². The molecule has 100 valence electrons. The van der Waals surface area contributed by atoms with E-state index in [1.54, 1.807) is 11.8 Å². The molecule has 0 saturated carbocycles. The van der Waals surface area contributed by atoms with Crippen LogP contribution in [0.1, 0.15) is 25.6 Å². The summed E-state index contributed by atoms with van der Waals surface area (Å²) in [6.07, 6.45) is 0. The zero-order chi connectivity index (χ0) is 13.8. The van der Waals surface area contributed by atoms with E-state index in [2.05, 4.69) is 29.1 Å². The molecule has 0 aliphatic heterocycles. The Labute approximate surface area is 122 Å². The van der Waals surface area contributed by atoms with Gasteiger partial charge in [0, 0.05) is 23.9 Å². The van der Waals surface area contributed by atoms with Crippen molar-refractivity contribution in [3.63, 3.8) is 0 Å². The molecule has 0 radical (unpaired) electrons. The second kappa shape index (κ2) is 6.26. The van der Waals surface area contributed by atoms with Gasteiger partial charge < -0.3 is 5.32 Å². The van der Waals surface area contributed by atoms with E-state index in [1.165, 1.54) is 0 Å². The van der Waals surface area contributed by atoms with Gasteiger partial charge in [0.15, 0.2) is 0 Å². The number of rotatable bonds is 4. The smallest absolute Gasteiger partial charge is 0.134 e. The van der Waals surface area contributed by atoms with Gasteiger partial charge in [-0.15, -0.1) is 0 Å². The second-order valence-corrected chi connectivity index (χ2v) is 5.86. The molecule has 0 aliphatic carbocycles. The van der Waals surface area contributed by atoms with Crippen molar-refractivity contribution in [2.75, 3.05) is 12.4 Å². The molecule has 19 heavy (non-hydrogen) atoms. The first-order valence-electron chi connectivity index (χ1n) is 6.09. The molecule has 0 fully saturated rings. The van der Waals surface area contributed by atoms with Gasteiger partial charge in [-0.05, 0) is 12.1 Å². The van der Waals surface area contributed by atoms with Crippen molar-refractivity contribution >= 4 is 29.2 Å². The number of nitrogens with zero attached hydrogens (tertiary/aromatic N) is 2. The van der Waals surface area contributed by atoms with Crippen LogP contribution >= 0.6 is 23.4 Å². The standard InChI is InChI=1S/C14H16ClN3S/c1-9(2)14-17-12(16-3)8-13(18-14)19-11-7-5-4-6-10(11)15/h4-9H,1-3H3,(H,16,17,18). The van der Waals surface area contributed by atoms with Crippen molar-refractivity contribution in [3.05, 3.63) is 41.2 Å². The molecule has 0 unspecified atom stereocenters. The predicted molar refractivity (Wildman–Crippen MR) is 81.2 cm³/mol. The molecule has 2 rings (SSSR count). The number of hydrogen-bond donors (Lipinski definition) is 1. The molecule has 0 bridgehead atoms. The van der Waals surface area contributed by atoms with Crippen LogP contribution in [0, 0.1) is 0 Å². The average molecular weight is 294 g/mol. The number of aromatic nitrogens is 2. The molecule has 0 spiro atoms. The Balaban J connectivity index is 2.34. The Morgan fingerprint density at radius 2 is 1.95 bits per heavy atom. The average Bonchev–Trinajstić information content (AvgIpc) is 2.41. The highest BCUT2D eigenvalue weighted by atomic mass is 35.5. The van der Waals surface area contributed by atoms with Crippen molar-refractivity contribution in [3.8, 4) is 0 Å². The minimum Gasteiger partial charge on any atom is -0.373 e. The normalized spacial score (nSPS) is 10.8. The van der Waals surface area contributed by atoms with Crippen LogP contribution in [0.5, 0.6) is 0 Å². The Morgan fingerprint density at radius 3 is 2.58 bits per heavy atom. The van der Waals surface area contributed by atoms with Crippen LogP contribution in [0.3, 0.4) is 0 Å². The minimum atomic E-state index is 0.291. The summed E-state index contributed by atoms with van der Waals surface area (Å²) < 4.78 is 0. The first-order valence-corrected chi connectivity index (χ1v) is 7.28. The third-order valence-corrected chi connectivity index (χ3v) is 3.98. The van der Waals surface area contributed by atoms with Crippen LogP contribution in [0.15, 0.2) is 40.3 Å². The number of nitrogens with one attached hydrogen (secondary N) is 1. The summed E-state index contributed by atoms with van der Waals surface area (Å²) in [7, 11) is 1.86. The van der Waals surface area contributed by atoms with Gasteiger partial charge in [0.25, 0.3) is 0 Å². The quantitative estimate of drug-likeness (QED) is 0.845. The monoisotopic (exact) mass is 293 g/mol. The largest absolute Gasteiger partial charge is 0.373 e. The molecular formula is C14H16ClN3S. The summed E-state index contributed by atoms with van der Waals surface area (Å²) in [4.78, 5) is 10.0. The maximum absolute atomic E-state index is 6.17. The van der Waals surface area contributed by atoms with E-state index >= 15 is 0 Å². The topological polar surface area (TPSA) is 37.8 Å². The Morgan fingerprint density at radius 1 is 1.21 bits per heavy atom. The first kappa shape index (κ1) is 14.2. The van der Waals surface area contributed by atoms with Crippen molar-refractivity contribution in [2.45, 2.75) is 29.7 Å². The lowest BCUT2D eigenvalue weighted by atomic mass is 10.2. The van der Waals surface area contributed by atoms with Gasteiger partial charge in [0.1, 0.15) is 16.7 Å². The van der Waals surface area contributed by atoms with Gasteiger partial charge in [0.2, 0.25) is 0 Å². The third kappa shape index (κ3) is 3.61. The Kier molecular flexibility index (Phi) is 4.66. The molecule has 1 N–H and O–H groups in total. The highest BCUT2D eigenvalue weighted by Gasteiger charge is 2.09. The maximum Gasteiger partial charge on any atom is 0.134 e.